The van der Waals surface area contributed by atoms with Crippen LogP contribution in [0.2, 0.25) is 18.1 Å². The molecule has 142 valence electrons. The average molecular weight is 382 g/mol. The number of aromatic nitrogens is 2. The molecule has 27 heavy (non-hydrogen) atoms. The Balaban J connectivity index is 2.22. The van der Waals surface area contributed by atoms with Gasteiger partial charge in [0.25, 0.3) is 5.56 Å². The molecule has 0 aliphatic heterocycles. The van der Waals surface area contributed by atoms with Gasteiger partial charge in [-0.05, 0) is 35.8 Å². The normalized spacial score (nSPS) is 13.7. The van der Waals surface area contributed by atoms with Crippen LogP contribution in [-0.4, -0.2) is 18.0 Å². The highest BCUT2D eigenvalue weighted by Crippen LogP contribution is 2.41. The number of benzene rings is 2. The van der Waals surface area contributed by atoms with Gasteiger partial charge in [-0.1, -0.05) is 63.2 Å². The minimum absolute atomic E-state index is 0.0105. The second-order valence-corrected chi connectivity index (χ2v) is 13.1. The zero-order chi connectivity index (χ0) is 19.8. The number of nitrogens with zero attached hydrogens (tertiary/aromatic N) is 2. The number of nitrogen functional groups attached to an aromatic ring is 1. The molecule has 5 nitrogen and oxygen atoms in total. The van der Waals surface area contributed by atoms with Crippen molar-refractivity contribution in [3.05, 3.63) is 76.3 Å². The van der Waals surface area contributed by atoms with Crippen molar-refractivity contribution in [3.8, 4) is 0 Å². The van der Waals surface area contributed by atoms with Crippen LogP contribution < -0.4 is 11.4 Å². The van der Waals surface area contributed by atoms with Gasteiger partial charge < -0.3 is 10.3 Å². The number of rotatable bonds is 4. The number of para-hydroxylation sites is 1. The fraction of sp³-hybridized carbons (Fsp3) is 0.333. The Morgan fingerprint density at radius 2 is 1.63 bits per heavy atom. The predicted octanol–water partition coefficient (Wildman–Crippen LogP) is 4.22. The van der Waals surface area contributed by atoms with Crippen LogP contribution in [-0.2, 0) is 4.43 Å². The van der Waals surface area contributed by atoms with Crippen molar-refractivity contribution in [2.45, 2.75) is 45.0 Å². The molecule has 3 aromatic rings. The molecule has 0 saturated carbocycles. The van der Waals surface area contributed by atoms with Crippen molar-refractivity contribution in [2.24, 2.45) is 0 Å². The first-order valence-electron chi connectivity index (χ1n) is 9.11. The second-order valence-electron chi connectivity index (χ2n) is 8.33. The molecular formula is C21H27N3O2Si. The average Bonchev–Trinajstić information content (AvgIpc) is 2.63. The molecule has 2 N–H and O–H groups in total. The van der Waals surface area contributed by atoms with Gasteiger partial charge in [0.2, 0.25) is 0 Å². The van der Waals surface area contributed by atoms with Gasteiger partial charge in [0.05, 0.1) is 10.9 Å². The molecule has 2 aromatic carbocycles. The van der Waals surface area contributed by atoms with E-state index in [1.807, 2.05) is 48.5 Å². The van der Waals surface area contributed by atoms with Crippen LogP contribution in [0.15, 0.2) is 59.4 Å². The lowest BCUT2D eigenvalue weighted by Crippen LogP contribution is -2.44. The molecule has 1 aromatic heterocycles. The third-order valence-corrected chi connectivity index (χ3v) is 9.83. The van der Waals surface area contributed by atoms with E-state index in [0.717, 1.165) is 10.2 Å². The lowest BCUT2D eigenvalue weighted by Gasteiger charge is -2.39. The Hall–Kier alpha value is -2.44. The van der Waals surface area contributed by atoms with Crippen molar-refractivity contribution in [1.82, 2.24) is 9.66 Å². The van der Waals surface area contributed by atoms with Crippen LogP contribution in [0.1, 0.15) is 38.3 Å². The maximum Gasteiger partial charge on any atom is 0.279 e. The van der Waals surface area contributed by atoms with Gasteiger partial charge >= 0.3 is 0 Å². The lowest BCUT2D eigenvalue weighted by molar-refractivity contribution is 0.209. The maximum atomic E-state index is 12.8. The fourth-order valence-corrected chi connectivity index (χ4v) is 3.90. The topological polar surface area (TPSA) is 70.1 Å². The highest BCUT2D eigenvalue weighted by atomic mass is 28.4. The molecule has 0 radical (unpaired) electrons. The zero-order valence-electron chi connectivity index (χ0n) is 16.6. The molecule has 0 spiro atoms. The summed E-state index contributed by atoms with van der Waals surface area (Å²) in [6, 6.07) is 17.1. The summed E-state index contributed by atoms with van der Waals surface area (Å²) in [6.07, 6.45) is -0.505. The Morgan fingerprint density at radius 1 is 1.04 bits per heavy atom. The van der Waals surface area contributed by atoms with Crippen molar-refractivity contribution >= 4 is 19.2 Å². The number of hydrogen-bond donors (Lipinski definition) is 1. The van der Waals surface area contributed by atoms with E-state index in [1.54, 1.807) is 6.07 Å². The molecule has 1 heterocycles. The van der Waals surface area contributed by atoms with E-state index in [1.165, 1.54) is 0 Å². The first kappa shape index (κ1) is 19.3. The Bertz CT molecular complexity index is 1010. The van der Waals surface area contributed by atoms with E-state index in [0.29, 0.717) is 16.7 Å². The van der Waals surface area contributed by atoms with Crippen molar-refractivity contribution in [2.75, 3.05) is 5.84 Å². The lowest BCUT2D eigenvalue weighted by atomic mass is 10.1. The molecule has 6 heteroatoms. The quantitative estimate of drug-likeness (QED) is 0.542. The molecule has 0 unspecified atom stereocenters. The summed E-state index contributed by atoms with van der Waals surface area (Å²) in [5.41, 5.74) is 1.29. The highest BCUT2D eigenvalue weighted by Gasteiger charge is 2.40. The first-order valence-corrected chi connectivity index (χ1v) is 12.0. The van der Waals surface area contributed by atoms with Gasteiger partial charge in [0.15, 0.2) is 14.1 Å². The largest absolute Gasteiger partial charge is 0.403 e. The first-order chi connectivity index (χ1) is 12.6. The molecule has 0 fully saturated rings. The van der Waals surface area contributed by atoms with Gasteiger partial charge in [0.1, 0.15) is 6.10 Å². The van der Waals surface area contributed by atoms with Crippen molar-refractivity contribution in [1.29, 1.82) is 0 Å². The SMILES string of the molecule is CC(C)(C)[Si](C)(C)O[C@@H](c1ccccc1)c1nc2ccccc2c(=O)n1N. The maximum absolute atomic E-state index is 12.8. The van der Waals surface area contributed by atoms with E-state index in [9.17, 15) is 4.79 Å². The molecule has 1 atom stereocenters. The fourth-order valence-electron chi connectivity index (χ4n) is 2.72. The summed E-state index contributed by atoms with van der Waals surface area (Å²) in [7, 11) is -2.15. The minimum Gasteiger partial charge on any atom is -0.403 e. The summed E-state index contributed by atoms with van der Waals surface area (Å²) < 4.78 is 7.83. The Kier molecular flexibility index (Phi) is 4.97. The van der Waals surface area contributed by atoms with Crippen molar-refractivity contribution < 1.29 is 4.43 Å². The molecule has 0 aliphatic rings. The van der Waals surface area contributed by atoms with Gasteiger partial charge in [-0.25, -0.2) is 9.66 Å². The van der Waals surface area contributed by atoms with E-state index >= 15 is 0 Å². The van der Waals surface area contributed by atoms with E-state index < -0.39 is 14.4 Å². The van der Waals surface area contributed by atoms with Gasteiger partial charge in [-0.2, -0.15) is 0 Å². The summed E-state index contributed by atoms with van der Waals surface area (Å²) in [6.45, 7) is 10.9. The Morgan fingerprint density at radius 3 is 2.26 bits per heavy atom. The number of hydrogen-bond acceptors (Lipinski definition) is 4. The van der Waals surface area contributed by atoms with Crippen LogP contribution in [0, 0.1) is 0 Å². The highest BCUT2D eigenvalue weighted by molar-refractivity contribution is 6.74. The van der Waals surface area contributed by atoms with Crippen LogP contribution in [0.3, 0.4) is 0 Å². The molecule has 0 bridgehead atoms. The second kappa shape index (κ2) is 6.94. The monoisotopic (exact) mass is 381 g/mol. The van der Waals surface area contributed by atoms with Crippen LogP contribution in [0.5, 0.6) is 0 Å². The molecular weight excluding hydrogens is 354 g/mol. The van der Waals surface area contributed by atoms with Gasteiger partial charge in [-0.3, -0.25) is 4.79 Å². The standard InChI is InChI=1S/C21H27N3O2Si/c1-21(2,3)27(4,5)26-18(15-11-7-6-8-12-15)19-23-17-14-10-9-13-16(17)20(25)24(19)22/h6-14,18H,22H2,1-5H3/t18-/m0/s1. The van der Waals surface area contributed by atoms with E-state index in [-0.39, 0.29) is 10.6 Å². The minimum atomic E-state index is -2.15. The van der Waals surface area contributed by atoms with Gasteiger partial charge in [0, 0.05) is 0 Å². The molecule has 3 rings (SSSR count). The summed E-state index contributed by atoms with van der Waals surface area (Å²) >= 11 is 0. The van der Waals surface area contributed by atoms with E-state index in [2.05, 4.69) is 33.9 Å². The summed E-state index contributed by atoms with van der Waals surface area (Å²) in [5, 5.41) is 0.513. The predicted molar refractivity (Wildman–Crippen MR) is 113 cm³/mol. The van der Waals surface area contributed by atoms with Crippen molar-refractivity contribution in [3.63, 3.8) is 0 Å². The number of nitrogens with two attached hydrogens (primary N) is 1. The van der Waals surface area contributed by atoms with Crippen LogP contribution in [0.25, 0.3) is 10.9 Å². The number of fused-ring (bicyclic) bond motifs is 1. The van der Waals surface area contributed by atoms with E-state index in [4.69, 9.17) is 15.3 Å². The molecule has 0 saturated heterocycles. The van der Waals surface area contributed by atoms with Crippen LogP contribution in [0.4, 0.5) is 0 Å². The summed E-state index contributed by atoms with van der Waals surface area (Å²) in [5.74, 6) is 6.62. The molecule has 0 aliphatic carbocycles. The Labute approximate surface area is 160 Å². The van der Waals surface area contributed by atoms with Crippen LogP contribution >= 0.6 is 0 Å². The zero-order valence-corrected chi connectivity index (χ0v) is 17.6. The third kappa shape index (κ3) is 3.68. The summed E-state index contributed by atoms with van der Waals surface area (Å²) in [4.78, 5) is 17.5. The molecule has 0 amide bonds. The third-order valence-electron chi connectivity index (χ3n) is 5.39. The van der Waals surface area contributed by atoms with Gasteiger partial charge in [-0.15, -0.1) is 0 Å². The smallest absolute Gasteiger partial charge is 0.279 e.